The number of hydrogen-bond donors (Lipinski definition) is 2. The molecular formula is C21H20ClN5O2. The lowest BCUT2D eigenvalue weighted by molar-refractivity contribution is -0.138. The molecule has 0 radical (unpaired) electrons. The third-order valence-corrected chi connectivity index (χ3v) is 4.60. The van der Waals surface area contributed by atoms with Gasteiger partial charge in [0.1, 0.15) is 23.6 Å². The standard InChI is InChI=1S/C21H19N5O2.ClH/c22-17(21(27)28)10-14-6-8-16(9-7-14)18-19-20(24-12-23-18)26(13-25-19)11-15-4-2-1-3-5-15;/h1-9,12-13,17H,10-11,22H2,(H,27,28);1H. The van der Waals surface area contributed by atoms with Crippen molar-refractivity contribution >= 4 is 29.5 Å². The smallest absolute Gasteiger partial charge is 0.320 e. The van der Waals surface area contributed by atoms with Crippen molar-refractivity contribution < 1.29 is 9.90 Å². The molecular weight excluding hydrogens is 390 g/mol. The number of aromatic nitrogens is 4. The topological polar surface area (TPSA) is 107 Å². The van der Waals surface area contributed by atoms with Crippen molar-refractivity contribution in [2.24, 2.45) is 5.73 Å². The first-order valence-corrected chi connectivity index (χ1v) is 8.89. The predicted octanol–water partition coefficient (Wildman–Crippen LogP) is 2.92. The fourth-order valence-electron chi connectivity index (χ4n) is 3.13. The van der Waals surface area contributed by atoms with E-state index >= 15 is 0 Å². The summed E-state index contributed by atoms with van der Waals surface area (Å²) >= 11 is 0. The molecule has 2 aromatic heterocycles. The largest absolute Gasteiger partial charge is 0.480 e. The van der Waals surface area contributed by atoms with E-state index in [1.165, 1.54) is 11.9 Å². The molecule has 1 unspecified atom stereocenters. The number of benzene rings is 2. The van der Waals surface area contributed by atoms with Crippen LogP contribution in [0.4, 0.5) is 0 Å². The van der Waals surface area contributed by atoms with Gasteiger partial charge in [0.25, 0.3) is 0 Å². The van der Waals surface area contributed by atoms with Crippen molar-refractivity contribution in [3.63, 3.8) is 0 Å². The van der Waals surface area contributed by atoms with E-state index < -0.39 is 12.0 Å². The second-order valence-electron chi connectivity index (χ2n) is 6.60. The van der Waals surface area contributed by atoms with Gasteiger partial charge in [0, 0.05) is 5.56 Å². The third-order valence-electron chi connectivity index (χ3n) is 4.60. The average Bonchev–Trinajstić information content (AvgIpc) is 3.12. The van der Waals surface area contributed by atoms with Crippen LogP contribution in [-0.4, -0.2) is 36.6 Å². The monoisotopic (exact) mass is 409 g/mol. The van der Waals surface area contributed by atoms with E-state index in [0.29, 0.717) is 6.54 Å². The first-order chi connectivity index (χ1) is 13.6. The van der Waals surface area contributed by atoms with Crippen molar-refractivity contribution in [1.82, 2.24) is 19.5 Å². The third kappa shape index (κ3) is 4.42. The molecule has 148 valence electrons. The molecule has 7 nitrogen and oxygen atoms in total. The quantitative estimate of drug-likeness (QED) is 0.507. The van der Waals surface area contributed by atoms with E-state index in [-0.39, 0.29) is 18.8 Å². The summed E-state index contributed by atoms with van der Waals surface area (Å²) < 4.78 is 2.00. The first-order valence-electron chi connectivity index (χ1n) is 8.89. The van der Waals surface area contributed by atoms with Crippen molar-refractivity contribution in [3.05, 3.63) is 78.4 Å². The Morgan fingerprint density at radius 1 is 1.00 bits per heavy atom. The van der Waals surface area contributed by atoms with Crippen LogP contribution >= 0.6 is 12.4 Å². The van der Waals surface area contributed by atoms with Gasteiger partial charge in [0.15, 0.2) is 5.65 Å². The summed E-state index contributed by atoms with van der Waals surface area (Å²) in [6, 6.07) is 16.8. The van der Waals surface area contributed by atoms with E-state index in [9.17, 15) is 4.79 Å². The molecule has 0 amide bonds. The molecule has 4 rings (SSSR count). The molecule has 0 saturated carbocycles. The normalized spacial score (nSPS) is 11.8. The Labute approximate surface area is 173 Å². The Morgan fingerprint density at radius 3 is 2.41 bits per heavy atom. The van der Waals surface area contributed by atoms with Gasteiger partial charge in [-0.25, -0.2) is 15.0 Å². The molecule has 1 atom stereocenters. The molecule has 8 heteroatoms. The van der Waals surface area contributed by atoms with E-state index in [1.54, 1.807) is 6.33 Å². The van der Waals surface area contributed by atoms with Crippen LogP contribution in [0.2, 0.25) is 0 Å². The Morgan fingerprint density at radius 2 is 1.72 bits per heavy atom. The first kappa shape index (κ1) is 20.4. The van der Waals surface area contributed by atoms with Gasteiger partial charge >= 0.3 is 5.97 Å². The summed E-state index contributed by atoms with van der Waals surface area (Å²) in [7, 11) is 0. The summed E-state index contributed by atoms with van der Waals surface area (Å²) in [5.41, 5.74) is 10.8. The lowest BCUT2D eigenvalue weighted by atomic mass is 10.0. The van der Waals surface area contributed by atoms with Crippen molar-refractivity contribution in [2.75, 3.05) is 0 Å². The molecule has 2 aromatic carbocycles. The number of nitrogens with two attached hydrogens (primary N) is 1. The van der Waals surface area contributed by atoms with Crippen molar-refractivity contribution in [1.29, 1.82) is 0 Å². The highest BCUT2D eigenvalue weighted by Gasteiger charge is 2.14. The van der Waals surface area contributed by atoms with Crippen LogP contribution in [0.3, 0.4) is 0 Å². The SMILES string of the molecule is Cl.NC(Cc1ccc(-c2ncnc3c2ncn3Cc2ccccc2)cc1)C(=O)O. The molecule has 0 saturated heterocycles. The zero-order valence-corrected chi connectivity index (χ0v) is 16.3. The highest BCUT2D eigenvalue weighted by Crippen LogP contribution is 2.25. The van der Waals surface area contributed by atoms with Gasteiger partial charge in [-0.3, -0.25) is 4.79 Å². The van der Waals surface area contributed by atoms with Crippen LogP contribution in [0.5, 0.6) is 0 Å². The van der Waals surface area contributed by atoms with E-state index in [1.807, 2.05) is 47.0 Å². The van der Waals surface area contributed by atoms with E-state index in [0.717, 1.165) is 28.0 Å². The Kier molecular flexibility index (Phi) is 6.21. The molecule has 0 spiro atoms. The predicted molar refractivity (Wildman–Crippen MR) is 113 cm³/mol. The number of nitrogens with zero attached hydrogens (tertiary/aromatic N) is 4. The summed E-state index contributed by atoms with van der Waals surface area (Å²) in [5, 5.41) is 8.95. The zero-order chi connectivity index (χ0) is 19.5. The van der Waals surface area contributed by atoms with Crippen LogP contribution in [0, 0.1) is 0 Å². The summed E-state index contributed by atoms with van der Waals surface area (Å²) in [6.07, 6.45) is 3.59. The minimum absolute atomic E-state index is 0. The number of imidazole rings is 1. The van der Waals surface area contributed by atoms with Crippen LogP contribution in [0.1, 0.15) is 11.1 Å². The van der Waals surface area contributed by atoms with Gasteiger partial charge < -0.3 is 15.4 Å². The number of carboxylic acids is 1. The molecule has 0 aliphatic heterocycles. The van der Waals surface area contributed by atoms with Crippen LogP contribution in [0.15, 0.2) is 67.3 Å². The summed E-state index contributed by atoms with van der Waals surface area (Å²) in [6.45, 7) is 0.680. The average molecular weight is 410 g/mol. The highest BCUT2D eigenvalue weighted by atomic mass is 35.5. The molecule has 0 bridgehead atoms. The van der Waals surface area contributed by atoms with Gasteiger partial charge in [0.2, 0.25) is 0 Å². The molecule has 3 N–H and O–H groups in total. The molecule has 4 aromatic rings. The van der Waals surface area contributed by atoms with Gasteiger partial charge in [-0.05, 0) is 17.5 Å². The number of carbonyl (C=O) groups is 1. The van der Waals surface area contributed by atoms with Crippen molar-refractivity contribution in [3.8, 4) is 11.3 Å². The molecule has 0 aliphatic carbocycles. The second-order valence-corrected chi connectivity index (χ2v) is 6.60. The number of hydrogen-bond acceptors (Lipinski definition) is 5. The van der Waals surface area contributed by atoms with E-state index in [4.69, 9.17) is 10.8 Å². The fraction of sp³-hybridized carbons (Fsp3) is 0.143. The van der Waals surface area contributed by atoms with Crippen LogP contribution < -0.4 is 5.73 Å². The van der Waals surface area contributed by atoms with E-state index in [2.05, 4.69) is 27.1 Å². The van der Waals surface area contributed by atoms with Gasteiger partial charge in [-0.15, -0.1) is 12.4 Å². The number of rotatable bonds is 6. The number of aliphatic carboxylic acids is 1. The minimum atomic E-state index is -1.01. The molecule has 2 heterocycles. The molecule has 0 aliphatic rings. The number of carboxylic acid groups (broad SMARTS) is 1. The number of halogens is 1. The lowest BCUT2D eigenvalue weighted by Gasteiger charge is -2.08. The molecule has 29 heavy (non-hydrogen) atoms. The summed E-state index contributed by atoms with van der Waals surface area (Å²) in [5.74, 6) is -1.01. The van der Waals surface area contributed by atoms with Crippen LogP contribution in [0.25, 0.3) is 22.4 Å². The second kappa shape index (κ2) is 8.81. The van der Waals surface area contributed by atoms with Gasteiger partial charge in [-0.2, -0.15) is 0 Å². The van der Waals surface area contributed by atoms with Crippen LogP contribution in [-0.2, 0) is 17.8 Å². The maximum absolute atomic E-state index is 10.9. The van der Waals surface area contributed by atoms with Gasteiger partial charge in [-0.1, -0.05) is 54.6 Å². The minimum Gasteiger partial charge on any atom is -0.480 e. The Bertz CT molecular complexity index is 1110. The fourth-order valence-corrected chi connectivity index (χ4v) is 3.13. The molecule has 0 fully saturated rings. The highest BCUT2D eigenvalue weighted by molar-refractivity contribution is 5.87. The Balaban J connectivity index is 0.00000240. The Hall–Kier alpha value is -3.29. The maximum Gasteiger partial charge on any atom is 0.320 e. The lowest BCUT2D eigenvalue weighted by Crippen LogP contribution is -2.32. The summed E-state index contributed by atoms with van der Waals surface area (Å²) in [4.78, 5) is 24.3. The van der Waals surface area contributed by atoms with Gasteiger partial charge in [0.05, 0.1) is 12.9 Å². The maximum atomic E-state index is 10.9. The number of fused-ring (bicyclic) bond motifs is 1. The zero-order valence-electron chi connectivity index (χ0n) is 15.5. The van der Waals surface area contributed by atoms with Crippen molar-refractivity contribution in [2.45, 2.75) is 19.0 Å².